The minimum absolute atomic E-state index is 0.665. The standard InChI is InChI=1S/C11H11N3/c12-9-4-1-3-8(7-9)11-10(13)5-2-6-14-11/h1-7H,12-13H2. The van der Waals surface area contributed by atoms with E-state index < -0.39 is 0 Å². The Morgan fingerprint density at radius 2 is 1.86 bits per heavy atom. The van der Waals surface area contributed by atoms with E-state index in [0.29, 0.717) is 11.4 Å². The van der Waals surface area contributed by atoms with Gasteiger partial charge in [-0.15, -0.1) is 0 Å². The quantitative estimate of drug-likeness (QED) is 0.667. The zero-order chi connectivity index (χ0) is 9.97. The summed E-state index contributed by atoms with van der Waals surface area (Å²) in [6, 6.07) is 11.2. The highest BCUT2D eigenvalue weighted by molar-refractivity contribution is 5.74. The Balaban J connectivity index is 2.55. The van der Waals surface area contributed by atoms with Crippen molar-refractivity contribution in [3.8, 4) is 11.3 Å². The SMILES string of the molecule is Nc1cccc(-c2ncccc2N)c1. The van der Waals surface area contributed by atoms with Crippen LogP contribution in [-0.4, -0.2) is 4.98 Å². The zero-order valence-corrected chi connectivity index (χ0v) is 7.64. The molecule has 1 aromatic heterocycles. The number of hydrogen-bond acceptors (Lipinski definition) is 3. The molecular formula is C11H11N3. The Kier molecular flexibility index (Phi) is 2.07. The van der Waals surface area contributed by atoms with Crippen molar-refractivity contribution in [2.45, 2.75) is 0 Å². The van der Waals surface area contributed by atoms with E-state index in [9.17, 15) is 0 Å². The fourth-order valence-electron chi connectivity index (χ4n) is 1.34. The van der Waals surface area contributed by atoms with E-state index in [4.69, 9.17) is 11.5 Å². The molecule has 0 saturated carbocycles. The van der Waals surface area contributed by atoms with Crippen molar-refractivity contribution >= 4 is 11.4 Å². The number of aromatic nitrogens is 1. The number of anilines is 2. The van der Waals surface area contributed by atoms with E-state index in [1.807, 2.05) is 36.4 Å². The van der Waals surface area contributed by atoms with Gasteiger partial charge in [0.25, 0.3) is 0 Å². The highest BCUT2D eigenvalue weighted by Crippen LogP contribution is 2.23. The fraction of sp³-hybridized carbons (Fsp3) is 0. The van der Waals surface area contributed by atoms with Crippen LogP contribution in [0, 0.1) is 0 Å². The van der Waals surface area contributed by atoms with Crippen LogP contribution in [0.3, 0.4) is 0 Å². The van der Waals surface area contributed by atoms with Crippen molar-refractivity contribution in [2.24, 2.45) is 0 Å². The van der Waals surface area contributed by atoms with Crippen LogP contribution in [0.2, 0.25) is 0 Å². The molecule has 2 rings (SSSR count). The molecule has 0 atom stereocenters. The van der Waals surface area contributed by atoms with Gasteiger partial charge in [0.15, 0.2) is 0 Å². The Morgan fingerprint density at radius 3 is 2.57 bits per heavy atom. The van der Waals surface area contributed by atoms with E-state index in [-0.39, 0.29) is 0 Å². The molecule has 0 saturated heterocycles. The summed E-state index contributed by atoms with van der Waals surface area (Å²) in [5.74, 6) is 0. The Hall–Kier alpha value is -2.03. The first-order valence-corrected chi connectivity index (χ1v) is 4.34. The Labute approximate surface area is 82.4 Å². The molecule has 0 unspecified atom stereocenters. The van der Waals surface area contributed by atoms with Crippen LogP contribution < -0.4 is 11.5 Å². The van der Waals surface area contributed by atoms with Crippen LogP contribution in [0.4, 0.5) is 11.4 Å². The first-order chi connectivity index (χ1) is 6.77. The second-order valence-corrected chi connectivity index (χ2v) is 3.07. The summed E-state index contributed by atoms with van der Waals surface area (Å²) in [4.78, 5) is 4.21. The molecule has 0 fully saturated rings. The largest absolute Gasteiger partial charge is 0.399 e. The van der Waals surface area contributed by atoms with Crippen molar-refractivity contribution < 1.29 is 0 Å². The summed E-state index contributed by atoms with van der Waals surface area (Å²) in [6.45, 7) is 0. The molecule has 14 heavy (non-hydrogen) atoms. The second-order valence-electron chi connectivity index (χ2n) is 3.07. The van der Waals surface area contributed by atoms with Gasteiger partial charge in [-0.1, -0.05) is 12.1 Å². The molecule has 0 aliphatic carbocycles. The molecule has 0 aliphatic heterocycles. The summed E-state index contributed by atoms with van der Waals surface area (Å²) in [5, 5.41) is 0. The maximum Gasteiger partial charge on any atom is 0.0931 e. The minimum Gasteiger partial charge on any atom is -0.399 e. The molecule has 2 aromatic rings. The lowest BCUT2D eigenvalue weighted by atomic mass is 10.1. The van der Waals surface area contributed by atoms with E-state index in [1.165, 1.54) is 0 Å². The average molecular weight is 185 g/mol. The first-order valence-electron chi connectivity index (χ1n) is 4.34. The predicted molar refractivity (Wildman–Crippen MR) is 58.5 cm³/mol. The van der Waals surface area contributed by atoms with Crippen LogP contribution >= 0.6 is 0 Å². The van der Waals surface area contributed by atoms with Crippen LogP contribution in [0.15, 0.2) is 42.6 Å². The molecule has 0 radical (unpaired) electrons. The lowest BCUT2D eigenvalue weighted by Crippen LogP contribution is -1.93. The molecule has 4 N–H and O–H groups in total. The van der Waals surface area contributed by atoms with Gasteiger partial charge in [0.1, 0.15) is 0 Å². The Morgan fingerprint density at radius 1 is 1.00 bits per heavy atom. The van der Waals surface area contributed by atoms with Crippen molar-refractivity contribution in [3.63, 3.8) is 0 Å². The average Bonchev–Trinajstić information content (AvgIpc) is 2.18. The molecule has 3 nitrogen and oxygen atoms in total. The van der Waals surface area contributed by atoms with E-state index in [1.54, 1.807) is 6.20 Å². The molecule has 70 valence electrons. The van der Waals surface area contributed by atoms with Crippen molar-refractivity contribution in [3.05, 3.63) is 42.6 Å². The zero-order valence-electron chi connectivity index (χ0n) is 7.64. The first kappa shape index (κ1) is 8.56. The van der Waals surface area contributed by atoms with Crippen LogP contribution in [-0.2, 0) is 0 Å². The summed E-state index contributed by atoms with van der Waals surface area (Å²) < 4.78 is 0. The Bertz CT molecular complexity index is 452. The van der Waals surface area contributed by atoms with Crippen molar-refractivity contribution in [1.82, 2.24) is 4.98 Å². The molecule has 0 amide bonds. The van der Waals surface area contributed by atoms with Crippen molar-refractivity contribution in [2.75, 3.05) is 11.5 Å². The number of nitrogens with zero attached hydrogens (tertiary/aromatic N) is 1. The maximum atomic E-state index is 5.80. The van der Waals surface area contributed by atoms with Gasteiger partial charge in [-0.25, -0.2) is 0 Å². The van der Waals surface area contributed by atoms with E-state index in [0.717, 1.165) is 11.3 Å². The molecule has 0 bridgehead atoms. The normalized spacial score (nSPS) is 10.0. The van der Waals surface area contributed by atoms with Gasteiger partial charge in [-0.2, -0.15) is 0 Å². The predicted octanol–water partition coefficient (Wildman–Crippen LogP) is 1.91. The molecule has 1 aromatic carbocycles. The third kappa shape index (κ3) is 1.52. The smallest absolute Gasteiger partial charge is 0.0931 e. The topological polar surface area (TPSA) is 64.9 Å². The summed E-state index contributed by atoms with van der Waals surface area (Å²) in [6.07, 6.45) is 1.72. The van der Waals surface area contributed by atoms with Gasteiger partial charge in [0.2, 0.25) is 0 Å². The molecule has 1 heterocycles. The van der Waals surface area contributed by atoms with Crippen molar-refractivity contribution in [1.29, 1.82) is 0 Å². The fourth-order valence-corrected chi connectivity index (χ4v) is 1.34. The summed E-state index contributed by atoms with van der Waals surface area (Å²) in [7, 11) is 0. The lowest BCUT2D eigenvalue weighted by Gasteiger charge is -2.04. The molecular weight excluding hydrogens is 174 g/mol. The van der Waals surface area contributed by atoms with Gasteiger partial charge in [-0.05, 0) is 24.3 Å². The number of nitrogen functional groups attached to an aromatic ring is 2. The number of benzene rings is 1. The van der Waals surface area contributed by atoms with Gasteiger partial charge >= 0.3 is 0 Å². The number of nitrogens with two attached hydrogens (primary N) is 2. The minimum atomic E-state index is 0.665. The molecule has 3 heteroatoms. The number of hydrogen-bond donors (Lipinski definition) is 2. The van der Waals surface area contributed by atoms with Crippen LogP contribution in [0.5, 0.6) is 0 Å². The highest BCUT2D eigenvalue weighted by atomic mass is 14.7. The second kappa shape index (κ2) is 3.38. The van der Waals surface area contributed by atoms with Crippen LogP contribution in [0.1, 0.15) is 0 Å². The van der Waals surface area contributed by atoms with Gasteiger partial charge in [0.05, 0.1) is 11.4 Å². The lowest BCUT2D eigenvalue weighted by molar-refractivity contribution is 1.33. The molecule has 0 aliphatic rings. The highest BCUT2D eigenvalue weighted by Gasteiger charge is 2.02. The third-order valence-electron chi connectivity index (χ3n) is 2.00. The molecule has 0 spiro atoms. The summed E-state index contributed by atoms with van der Waals surface area (Å²) >= 11 is 0. The number of pyridine rings is 1. The third-order valence-corrected chi connectivity index (χ3v) is 2.00. The van der Waals surface area contributed by atoms with E-state index >= 15 is 0 Å². The van der Waals surface area contributed by atoms with Gasteiger partial charge in [0, 0.05) is 17.4 Å². The van der Waals surface area contributed by atoms with Gasteiger partial charge in [-0.3, -0.25) is 4.98 Å². The number of rotatable bonds is 1. The summed E-state index contributed by atoms with van der Waals surface area (Å²) in [5.41, 5.74) is 14.6. The monoisotopic (exact) mass is 185 g/mol. The van der Waals surface area contributed by atoms with E-state index in [2.05, 4.69) is 4.98 Å². The van der Waals surface area contributed by atoms with Gasteiger partial charge < -0.3 is 11.5 Å². The van der Waals surface area contributed by atoms with Crippen LogP contribution in [0.25, 0.3) is 11.3 Å². The maximum absolute atomic E-state index is 5.80.